The Balaban J connectivity index is 4.65. The zero-order valence-electron chi connectivity index (χ0n) is 13.1. The van der Waals surface area contributed by atoms with E-state index in [9.17, 15) is 24.0 Å². The number of aliphatic imine (C=N–C) groups is 4. The fraction of sp³-hybridized carbons (Fsp3) is 0.667. The van der Waals surface area contributed by atoms with Crippen LogP contribution in [0.4, 0.5) is 0 Å². The van der Waals surface area contributed by atoms with Crippen molar-refractivity contribution in [1.29, 1.82) is 0 Å². The van der Waals surface area contributed by atoms with Crippen LogP contribution in [0.25, 0.3) is 0 Å². The molecule has 2 unspecified atom stereocenters. The molecule has 0 heterocycles. The van der Waals surface area contributed by atoms with E-state index < -0.39 is 17.9 Å². The summed E-state index contributed by atoms with van der Waals surface area (Å²) in [6, 6.07) is -1.89. The summed E-state index contributed by atoms with van der Waals surface area (Å²) in [7, 11) is 0. The normalized spacial score (nSPS) is 11.7. The first-order valence-corrected chi connectivity index (χ1v) is 7.46. The summed E-state index contributed by atoms with van der Waals surface area (Å²) in [6.07, 6.45) is 8.16. The number of carbonyl (C=O) groups is 1. The first kappa shape index (κ1) is 21.2. The fourth-order valence-electron chi connectivity index (χ4n) is 2.04. The molecule has 0 saturated heterocycles. The Morgan fingerprint density at radius 2 is 1.08 bits per heavy atom. The third-order valence-corrected chi connectivity index (χ3v) is 3.20. The lowest BCUT2D eigenvalue weighted by Crippen LogP contribution is -2.30. The van der Waals surface area contributed by atoms with Gasteiger partial charge in [-0.05, 0) is 38.5 Å². The predicted octanol–water partition coefficient (Wildman–Crippen LogP) is 0.976. The van der Waals surface area contributed by atoms with Gasteiger partial charge in [0.15, 0.2) is 5.78 Å². The molecule has 128 valence electrons. The number of carbonyl (C=O) groups excluding carboxylic acids is 5. The van der Waals surface area contributed by atoms with E-state index in [2.05, 4.69) is 20.0 Å². The second kappa shape index (κ2) is 15.1. The average Bonchev–Trinajstić information content (AvgIpc) is 2.59. The zero-order chi connectivity index (χ0) is 18.0. The van der Waals surface area contributed by atoms with Gasteiger partial charge in [0.25, 0.3) is 0 Å². The molecule has 0 amide bonds. The highest BCUT2D eigenvalue weighted by Crippen LogP contribution is 2.14. The third kappa shape index (κ3) is 10.0. The fourth-order valence-corrected chi connectivity index (χ4v) is 2.04. The summed E-state index contributed by atoms with van der Waals surface area (Å²) in [5.41, 5.74) is 0. The van der Waals surface area contributed by atoms with Gasteiger partial charge in [-0.15, -0.1) is 0 Å². The van der Waals surface area contributed by atoms with Gasteiger partial charge in [-0.25, -0.2) is 29.2 Å². The van der Waals surface area contributed by atoms with Crippen LogP contribution in [0.3, 0.4) is 0 Å². The molecule has 0 aliphatic carbocycles. The summed E-state index contributed by atoms with van der Waals surface area (Å²) in [5.74, 6) is -0.459. The van der Waals surface area contributed by atoms with Crippen LogP contribution in [0.15, 0.2) is 20.0 Å². The summed E-state index contributed by atoms with van der Waals surface area (Å²) >= 11 is 0. The molecule has 0 aliphatic rings. The number of Topliss-reactive ketones (excluding diaryl/α,β-unsaturated/α-hetero) is 1. The highest BCUT2D eigenvalue weighted by Gasteiger charge is 2.26. The van der Waals surface area contributed by atoms with Gasteiger partial charge in [-0.3, -0.25) is 4.79 Å². The van der Waals surface area contributed by atoms with Crippen molar-refractivity contribution in [3.05, 3.63) is 0 Å². The Kier molecular flexibility index (Phi) is 13.3. The minimum Gasteiger partial charge on any atom is -0.295 e. The Morgan fingerprint density at radius 3 is 1.42 bits per heavy atom. The lowest BCUT2D eigenvalue weighted by molar-refractivity contribution is -0.121. The molecule has 0 aromatic carbocycles. The molecule has 0 aromatic heterocycles. The molecule has 0 aliphatic heterocycles. The summed E-state index contributed by atoms with van der Waals surface area (Å²) in [5, 5.41) is 0. The van der Waals surface area contributed by atoms with Crippen molar-refractivity contribution in [3.63, 3.8) is 0 Å². The molecule has 0 saturated carbocycles. The number of hydrogen-bond donors (Lipinski definition) is 0. The largest absolute Gasteiger partial charge is 0.295 e. The quantitative estimate of drug-likeness (QED) is 0.265. The van der Waals surface area contributed by atoms with Gasteiger partial charge in [0, 0.05) is 0 Å². The van der Waals surface area contributed by atoms with Gasteiger partial charge in [-0.2, -0.15) is 9.98 Å². The maximum atomic E-state index is 12.3. The van der Waals surface area contributed by atoms with E-state index in [1.54, 1.807) is 0 Å². The van der Waals surface area contributed by atoms with Gasteiger partial charge in [0.2, 0.25) is 24.3 Å². The Hall–Kier alpha value is -2.81. The van der Waals surface area contributed by atoms with E-state index >= 15 is 0 Å². The van der Waals surface area contributed by atoms with Crippen molar-refractivity contribution < 1.29 is 24.0 Å². The second-order valence-corrected chi connectivity index (χ2v) is 4.81. The van der Waals surface area contributed by atoms with Gasteiger partial charge in [0.1, 0.15) is 12.1 Å². The molecule has 0 rings (SSSR count). The smallest absolute Gasteiger partial charge is 0.235 e. The van der Waals surface area contributed by atoms with E-state index in [1.807, 2.05) is 0 Å². The number of rotatable bonds is 14. The molecule has 0 radical (unpaired) electrons. The van der Waals surface area contributed by atoms with Crippen molar-refractivity contribution in [1.82, 2.24) is 0 Å². The van der Waals surface area contributed by atoms with E-state index in [-0.39, 0.29) is 25.9 Å². The van der Waals surface area contributed by atoms with E-state index in [4.69, 9.17) is 0 Å². The van der Waals surface area contributed by atoms with Gasteiger partial charge < -0.3 is 0 Å². The minimum atomic E-state index is -0.946. The second-order valence-electron chi connectivity index (χ2n) is 4.81. The number of unbranched alkanes of at least 4 members (excludes halogenated alkanes) is 2. The number of isocyanates is 4. The maximum Gasteiger partial charge on any atom is 0.235 e. The lowest BCUT2D eigenvalue weighted by Gasteiger charge is -2.14. The Bertz CT molecular complexity index is 531. The third-order valence-electron chi connectivity index (χ3n) is 3.20. The van der Waals surface area contributed by atoms with Crippen LogP contribution < -0.4 is 0 Å². The van der Waals surface area contributed by atoms with Crippen molar-refractivity contribution >= 4 is 30.1 Å². The molecular formula is C15H18N4O5. The lowest BCUT2D eigenvalue weighted by atomic mass is 9.97. The Morgan fingerprint density at radius 1 is 0.667 bits per heavy atom. The van der Waals surface area contributed by atoms with Crippen LogP contribution in [0.1, 0.15) is 38.5 Å². The van der Waals surface area contributed by atoms with E-state index in [0.29, 0.717) is 25.7 Å². The average molecular weight is 334 g/mol. The maximum absolute atomic E-state index is 12.3. The molecule has 0 aromatic rings. The summed E-state index contributed by atoms with van der Waals surface area (Å²) < 4.78 is 0. The van der Waals surface area contributed by atoms with Crippen molar-refractivity contribution in [2.45, 2.75) is 50.6 Å². The molecule has 9 nitrogen and oxygen atoms in total. The van der Waals surface area contributed by atoms with Gasteiger partial charge in [-0.1, -0.05) is 0 Å². The summed E-state index contributed by atoms with van der Waals surface area (Å²) in [4.78, 5) is 67.0. The van der Waals surface area contributed by atoms with Crippen LogP contribution in [-0.4, -0.2) is 55.3 Å². The van der Waals surface area contributed by atoms with Crippen LogP contribution in [0.5, 0.6) is 0 Å². The monoisotopic (exact) mass is 334 g/mol. The predicted molar refractivity (Wildman–Crippen MR) is 82.5 cm³/mol. The molecule has 0 fully saturated rings. The molecular weight excluding hydrogens is 316 g/mol. The van der Waals surface area contributed by atoms with Gasteiger partial charge in [0.05, 0.1) is 13.1 Å². The molecule has 0 bridgehead atoms. The van der Waals surface area contributed by atoms with E-state index in [0.717, 1.165) is 0 Å². The highest BCUT2D eigenvalue weighted by atomic mass is 16.1. The van der Waals surface area contributed by atoms with E-state index in [1.165, 1.54) is 24.3 Å². The number of hydrogen-bond acceptors (Lipinski definition) is 9. The standard InChI is InChI=1S/C15H18N4O5/c20-9-16-7-3-1-5-13(18-11-22)15(24)14(19-12-23)6-2-4-8-17-10-21/h13-14H,1-8H2. The molecule has 2 atom stereocenters. The molecule has 9 heteroatoms. The Labute approximate surface area is 138 Å². The molecule has 0 N–H and O–H groups in total. The molecule has 24 heavy (non-hydrogen) atoms. The SMILES string of the molecule is O=C=NCCCCC(N=C=O)C(=O)C(CCCCN=C=O)N=C=O. The first-order chi connectivity index (χ1) is 11.7. The number of ketones is 1. The van der Waals surface area contributed by atoms with Crippen molar-refractivity contribution in [2.24, 2.45) is 20.0 Å². The van der Waals surface area contributed by atoms with Crippen LogP contribution >= 0.6 is 0 Å². The van der Waals surface area contributed by atoms with Crippen molar-refractivity contribution in [2.75, 3.05) is 13.1 Å². The van der Waals surface area contributed by atoms with Crippen LogP contribution in [0, 0.1) is 0 Å². The molecule has 0 spiro atoms. The van der Waals surface area contributed by atoms with Crippen LogP contribution in [-0.2, 0) is 24.0 Å². The zero-order valence-corrected chi connectivity index (χ0v) is 13.1. The van der Waals surface area contributed by atoms with Crippen molar-refractivity contribution in [3.8, 4) is 0 Å². The highest BCUT2D eigenvalue weighted by molar-refractivity contribution is 5.90. The van der Waals surface area contributed by atoms with Crippen LogP contribution in [0.2, 0.25) is 0 Å². The topological polar surface area (TPSA) is 135 Å². The number of nitrogens with zero attached hydrogens (tertiary/aromatic N) is 4. The van der Waals surface area contributed by atoms with Gasteiger partial charge >= 0.3 is 0 Å². The first-order valence-electron chi connectivity index (χ1n) is 7.46. The minimum absolute atomic E-state index is 0.267. The summed E-state index contributed by atoms with van der Waals surface area (Å²) in [6.45, 7) is 0.560.